The molecule has 6 heteroatoms. The van der Waals surface area contributed by atoms with E-state index < -0.39 is 6.61 Å². The predicted molar refractivity (Wildman–Crippen MR) is 82.7 cm³/mol. The van der Waals surface area contributed by atoms with Crippen molar-refractivity contribution >= 4 is 0 Å². The predicted octanol–water partition coefficient (Wildman–Crippen LogP) is 3.12. The van der Waals surface area contributed by atoms with Crippen LogP contribution in [-0.4, -0.2) is 25.4 Å². The molecule has 0 aliphatic rings. The van der Waals surface area contributed by atoms with Crippen molar-refractivity contribution in [2.75, 3.05) is 13.7 Å². The van der Waals surface area contributed by atoms with E-state index >= 15 is 0 Å². The Morgan fingerprint density at radius 3 is 2.43 bits per heavy atom. The first-order valence-electron chi connectivity index (χ1n) is 7.15. The average Bonchev–Trinajstić information content (AvgIpc) is 2.57. The zero-order valence-corrected chi connectivity index (χ0v) is 12.7. The third-order valence-electron chi connectivity index (χ3n) is 3.38. The van der Waals surface area contributed by atoms with E-state index in [-0.39, 0.29) is 24.1 Å². The van der Waals surface area contributed by atoms with E-state index in [1.807, 2.05) is 30.3 Å². The van der Waals surface area contributed by atoms with Crippen molar-refractivity contribution in [2.45, 2.75) is 19.2 Å². The first kappa shape index (κ1) is 17.2. The Kier molecular flexibility index (Phi) is 6.31. The molecule has 0 heterocycles. The highest BCUT2D eigenvalue weighted by Crippen LogP contribution is 2.29. The summed E-state index contributed by atoms with van der Waals surface area (Å²) >= 11 is 0. The lowest BCUT2D eigenvalue weighted by Crippen LogP contribution is -2.23. The van der Waals surface area contributed by atoms with Crippen LogP contribution in [-0.2, 0) is 6.54 Å². The molecule has 0 saturated heterocycles. The highest BCUT2D eigenvalue weighted by molar-refractivity contribution is 5.43. The Bertz CT molecular complexity index is 608. The number of aliphatic hydroxyl groups is 1. The monoisotopic (exact) mass is 323 g/mol. The maximum absolute atomic E-state index is 12.3. The van der Waals surface area contributed by atoms with Crippen LogP contribution in [0.3, 0.4) is 0 Å². The van der Waals surface area contributed by atoms with Gasteiger partial charge in [-0.15, -0.1) is 0 Å². The van der Waals surface area contributed by atoms with Crippen LogP contribution in [0.25, 0.3) is 0 Å². The Labute approximate surface area is 133 Å². The number of halogens is 2. The minimum absolute atomic E-state index is 0.00647. The van der Waals surface area contributed by atoms with Crippen molar-refractivity contribution in [3.63, 3.8) is 0 Å². The highest BCUT2D eigenvalue weighted by atomic mass is 19.3. The number of ether oxygens (including phenoxy) is 2. The largest absolute Gasteiger partial charge is 0.493 e. The molecule has 0 fully saturated rings. The molecular formula is C17H19F2NO3. The molecule has 0 unspecified atom stereocenters. The Balaban J connectivity index is 2.05. The molecule has 0 radical (unpaired) electrons. The van der Waals surface area contributed by atoms with Crippen molar-refractivity contribution in [3.05, 3.63) is 59.7 Å². The summed E-state index contributed by atoms with van der Waals surface area (Å²) in [7, 11) is 1.39. The highest BCUT2D eigenvalue weighted by Gasteiger charge is 2.13. The summed E-state index contributed by atoms with van der Waals surface area (Å²) in [6.45, 7) is -2.50. The first-order chi connectivity index (χ1) is 11.1. The quantitative estimate of drug-likeness (QED) is 0.784. The van der Waals surface area contributed by atoms with Gasteiger partial charge >= 0.3 is 6.61 Å². The molecule has 0 amide bonds. The molecule has 2 aromatic carbocycles. The molecular weight excluding hydrogens is 304 g/mol. The van der Waals surface area contributed by atoms with E-state index in [4.69, 9.17) is 4.74 Å². The summed E-state index contributed by atoms with van der Waals surface area (Å²) in [4.78, 5) is 0. The Morgan fingerprint density at radius 1 is 1.09 bits per heavy atom. The summed E-state index contributed by atoms with van der Waals surface area (Å²) in [5.41, 5.74) is 1.80. The number of rotatable bonds is 8. The molecule has 0 bridgehead atoms. The summed E-state index contributed by atoms with van der Waals surface area (Å²) in [6, 6.07) is 14.1. The Morgan fingerprint density at radius 2 is 1.83 bits per heavy atom. The molecule has 124 valence electrons. The SMILES string of the molecule is COc1cc(CN[C@H](CO)c2ccccc2)ccc1OC(F)F. The van der Waals surface area contributed by atoms with Gasteiger partial charge in [-0.3, -0.25) is 0 Å². The summed E-state index contributed by atoms with van der Waals surface area (Å²) in [6.07, 6.45) is 0. The van der Waals surface area contributed by atoms with Crippen molar-refractivity contribution in [1.82, 2.24) is 5.32 Å². The third-order valence-corrected chi connectivity index (χ3v) is 3.38. The van der Waals surface area contributed by atoms with Crippen LogP contribution in [0.4, 0.5) is 8.78 Å². The average molecular weight is 323 g/mol. The van der Waals surface area contributed by atoms with Crippen LogP contribution in [0.1, 0.15) is 17.2 Å². The van der Waals surface area contributed by atoms with Crippen molar-refractivity contribution in [2.24, 2.45) is 0 Å². The lowest BCUT2D eigenvalue weighted by molar-refractivity contribution is -0.0512. The van der Waals surface area contributed by atoms with Crippen LogP contribution in [0, 0.1) is 0 Å². The van der Waals surface area contributed by atoms with Gasteiger partial charge in [0.25, 0.3) is 0 Å². The second-order valence-corrected chi connectivity index (χ2v) is 4.89. The van der Waals surface area contributed by atoms with Crippen LogP contribution in [0.15, 0.2) is 48.5 Å². The second kappa shape index (κ2) is 8.45. The molecule has 2 rings (SSSR count). The zero-order valence-electron chi connectivity index (χ0n) is 12.7. The number of aliphatic hydroxyl groups excluding tert-OH is 1. The molecule has 0 aliphatic carbocycles. The summed E-state index contributed by atoms with van der Waals surface area (Å²) in [5, 5.41) is 12.7. The van der Waals surface area contributed by atoms with Gasteiger partial charge in [0.2, 0.25) is 0 Å². The van der Waals surface area contributed by atoms with Crippen LogP contribution < -0.4 is 14.8 Å². The van der Waals surface area contributed by atoms with Gasteiger partial charge in [-0.1, -0.05) is 36.4 Å². The Hall–Kier alpha value is -2.18. The van der Waals surface area contributed by atoms with Crippen molar-refractivity contribution < 1.29 is 23.4 Å². The fourth-order valence-corrected chi connectivity index (χ4v) is 2.23. The van der Waals surface area contributed by atoms with Crippen LogP contribution in [0.2, 0.25) is 0 Å². The summed E-state index contributed by atoms with van der Waals surface area (Å²) < 4.78 is 34.1. The van der Waals surface area contributed by atoms with E-state index in [0.717, 1.165) is 11.1 Å². The van der Waals surface area contributed by atoms with Gasteiger partial charge in [0.1, 0.15) is 0 Å². The van der Waals surface area contributed by atoms with Gasteiger partial charge in [-0.25, -0.2) is 0 Å². The van der Waals surface area contributed by atoms with E-state index in [0.29, 0.717) is 6.54 Å². The van der Waals surface area contributed by atoms with Crippen LogP contribution >= 0.6 is 0 Å². The topological polar surface area (TPSA) is 50.7 Å². The maximum Gasteiger partial charge on any atom is 0.387 e. The van der Waals surface area contributed by atoms with Crippen molar-refractivity contribution in [3.8, 4) is 11.5 Å². The third kappa shape index (κ3) is 4.91. The fraction of sp³-hybridized carbons (Fsp3) is 0.294. The maximum atomic E-state index is 12.3. The lowest BCUT2D eigenvalue weighted by atomic mass is 10.1. The molecule has 4 nitrogen and oxygen atoms in total. The smallest absolute Gasteiger partial charge is 0.387 e. The molecule has 23 heavy (non-hydrogen) atoms. The zero-order chi connectivity index (χ0) is 16.7. The van der Waals surface area contributed by atoms with Crippen LogP contribution in [0.5, 0.6) is 11.5 Å². The molecule has 1 atom stereocenters. The number of methoxy groups -OCH3 is 1. The molecule has 0 saturated carbocycles. The van der Waals surface area contributed by atoms with E-state index in [2.05, 4.69) is 10.1 Å². The number of nitrogens with one attached hydrogen (secondary N) is 1. The van der Waals surface area contributed by atoms with Gasteiger partial charge in [0.05, 0.1) is 19.8 Å². The molecule has 2 aromatic rings. The second-order valence-electron chi connectivity index (χ2n) is 4.89. The van der Waals surface area contributed by atoms with Gasteiger partial charge < -0.3 is 19.9 Å². The first-order valence-corrected chi connectivity index (χ1v) is 7.15. The number of alkyl halides is 2. The number of hydrogen-bond donors (Lipinski definition) is 2. The van der Waals surface area contributed by atoms with Gasteiger partial charge in [-0.2, -0.15) is 8.78 Å². The van der Waals surface area contributed by atoms with E-state index in [1.54, 1.807) is 12.1 Å². The van der Waals surface area contributed by atoms with Gasteiger partial charge in [0, 0.05) is 6.54 Å². The number of benzene rings is 2. The molecule has 0 aliphatic heterocycles. The summed E-state index contributed by atoms with van der Waals surface area (Å²) in [5.74, 6) is 0.234. The van der Waals surface area contributed by atoms with Gasteiger partial charge in [-0.05, 0) is 23.3 Å². The van der Waals surface area contributed by atoms with E-state index in [9.17, 15) is 13.9 Å². The standard InChI is InChI=1S/C17H19F2NO3/c1-22-16-9-12(7-8-15(16)23-17(18)19)10-20-14(11-21)13-5-3-2-4-6-13/h2-9,14,17,20-21H,10-11H2,1H3/t14-/m1/s1. The fourth-order valence-electron chi connectivity index (χ4n) is 2.23. The molecule has 2 N–H and O–H groups in total. The van der Waals surface area contributed by atoms with Gasteiger partial charge in [0.15, 0.2) is 11.5 Å². The minimum Gasteiger partial charge on any atom is -0.493 e. The van der Waals surface area contributed by atoms with Crippen molar-refractivity contribution in [1.29, 1.82) is 0 Å². The lowest BCUT2D eigenvalue weighted by Gasteiger charge is -2.17. The normalized spacial score (nSPS) is 12.2. The molecule has 0 spiro atoms. The van der Waals surface area contributed by atoms with E-state index in [1.165, 1.54) is 13.2 Å². The minimum atomic E-state index is -2.90. The molecule has 0 aromatic heterocycles. The number of hydrogen-bond acceptors (Lipinski definition) is 4.